The average molecular weight is 528 g/mol. The van der Waals surface area contributed by atoms with Crippen LogP contribution in [0.4, 0.5) is 0 Å². The zero-order chi connectivity index (χ0) is 27.5. The largest absolute Gasteiger partial charge is 0.507 e. The quantitative estimate of drug-likeness (QED) is 0.163. The van der Waals surface area contributed by atoms with Gasteiger partial charge in [0.2, 0.25) is 0 Å². The zero-order valence-corrected chi connectivity index (χ0v) is 22.5. The minimum absolute atomic E-state index is 0.0411. The smallest absolute Gasteiger partial charge is 0.295 e. The summed E-state index contributed by atoms with van der Waals surface area (Å²) in [5.41, 5.74) is 2.99. The number of amides is 1. The van der Waals surface area contributed by atoms with Crippen molar-refractivity contribution < 1.29 is 28.9 Å². The van der Waals surface area contributed by atoms with Crippen molar-refractivity contribution in [2.24, 2.45) is 0 Å². The molecule has 2 aliphatic rings. The minimum Gasteiger partial charge on any atom is -0.507 e. The molecular weight excluding hydrogens is 494 g/mol. The number of fused-ring (bicyclic) bond motifs is 1. The van der Waals surface area contributed by atoms with Crippen LogP contribution >= 0.6 is 0 Å². The predicted molar refractivity (Wildman–Crippen MR) is 148 cm³/mol. The maximum absolute atomic E-state index is 13.5. The molecule has 7 heteroatoms. The van der Waals surface area contributed by atoms with E-state index in [9.17, 15) is 14.7 Å². The van der Waals surface area contributed by atoms with E-state index in [0.29, 0.717) is 35.7 Å². The number of rotatable bonds is 9. The molecule has 0 saturated carbocycles. The first-order valence-electron chi connectivity index (χ1n) is 13.3. The minimum atomic E-state index is -0.813. The van der Waals surface area contributed by atoms with Crippen molar-refractivity contribution in [1.29, 1.82) is 0 Å². The molecule has 0 aromatic heterocycles. The van der Waals surface area contributed by atoms with Crippen molar-refractivity contribution in [2.75, 3.05) is 13.7 Å². The molecule has 1 fully saturated rings. The maximum atomic E-state index is 13.5. The van der Waals surface area contributed by atoms with Crippen LogP contribution in [0, 0.1) is 0 Å². The fourth-order valence-corrected chi connectivity index (χ4v) is 5.19. The molecule has 1 N–H and O–H groups in total. The summed E-state index contributed by atoms with van der Waals surface area (Å²) in [5, 5.41) is 11.5. The van der Waals surface area contributed by atoms with Gasteiger partial charge >= 0.3 is 0 Å². The first-order chi connectivity index (χ1) is 18.9. The maximum Gasteiger partial charge on any atom is 0.295 e. The van der Waals surface area contributed by atoms with E-state index in [1.54, 1.807) is 31.4 Å². The number of ketones is 1. The Labute approximate surface area is 228 Å². The Morgan fingerprint density at radius 2 is 1.85 bits per heavy atom. The second-order valence-corrected chi connectivity index (χ2v) is 9.98. The molecule has 0 aliphatic carbocycles. The number of unbranched alkanes of at least 4 members (excludes halogenated alkanes) is 1. The SMILES string of the molecule is CCCCOc1ccc([C@@H]2C(=C(O)c3ccc4c(c3)C[C@@H](C)O4)C(=O)C(=O)N2Cc2ccccc2)cc1OC. The van der Waals surface area contributed by atoms with E-state index in [4.69, 9.17) is 14.2 Å². The van der Waals surface area contributed by atoms with Gasteiger partial charge in [0.25, 0.3) is 11.7 Å². The highest BCUT2D eigenvalue weighted by molar-refractivity contribution is 6.46. The summed E-state index contributed by atoms with van der Waals surface area (Å²) in [4.78, 5) is 28.4. The molecule has 3 aromatic carbocycles. The van der Waals surface area contributed by atoms with Crippen LogP contribution in [0.1, 0.15) is 55.0 Å². The molecule has 39 heavy (non-hydrogen) atoms. The van der Waals surface area contributed by atoms with Crippen LogP contribution in [-0.4, -0.2) is 41.5 Å². The molecule has 1 amide bonds. The molecule has 2 heterocycles. The second-order valence-electron chi connectivity index (χ2n) is 9.98. The number of ether oxygens (including phenoxy) is 3. The first-order valence-corrected chi connectivity index (χ1v) is 13.3. The summed E-state index contributed by atoms with van der Waals surface area (Å²) in [7, 11) is 1.56. The number of Topliss-reactive ketones (excluding diaryl/α,β-unsaturated/α-hetero) is 1. The molecule has 0 unspecified atom stereocenters. The lowest BCUT2D eigenvalue weighted by Gasteiger charge is -2.26. The molecular formula is C32H33NO6. The summed E-state index contributed by atoms with van der Waals surface area (Å²) in [5.74, 6) is 0.258. The van der Waals surface area contributed by atoms with Crippen LogP contribution in [0.5, 0.6) is 17.2 Å². The third kappa shape index (κ3) is 5.21. The van der Waals surface area contributed by atoms with Crippen molar-refractivity contribution in [3.8, 4) is 17.2 Å². The van der Waals surface area contributed by atoms with E-state index in [0.717, 1.165) is 29.7 Å². The normalized spacial score (nSPS) is 19.6. The van der Waals surface area contributed by atoms with E-state index in [1.165, 1.54) is 4.90 Å². The summed E-state index contributed by atoms with van der Waals surface area (Å²) < 4.78 is 17.3. The van der Waals surface area contributed by atoms with Crippen LogP contribution in [0.3, 0.4) is 0 Å². The topological polar surface area (TPSA) is 85.3 Å². The molecule has 0 bridgehead atoms. The summed E-state index contributed by atoms with van der Waals surface area (Å²) in [6, 6.07) is 19.4. The van der Waals surface area contributed by atoms with Crippen molar-refractivity contribution in [1.82, 2.24) is 4.90 Å². The molecule has 1 saturated heterocycles. The molecule has 0 spiro atoms. The lowest BCUT2D eigenvalue weighted by Crippen LogP contribution is -2.29. The molecule has 2 aliphatic heterocycles. The lowest BCUT2D eigenvalue weighted by molar-refractivity contribution is -0.140. The van der Waals surface area contributed by atoms with Gasteiger partial charge in [0.1, 0.15) is 17.6 Å². The Kier molecular flexibility index (Phi) is 7.59. The van der Waals surface area contributed by atoms with Gasteiger partial charge < -0.3 is 24.2 Å². The van der Waals surface area contributed by atoms with Crippen molar-refractivity contribution in [2.45, 2.75) is 51.8 Å². The number of carbonyl (C=O) groups is 2. The van der Waals surface area contributed by atoms with Crippen LogP contribution in [0.15, 0.2) is 72.3 Å². The third-order valence-corrected chi connectivity index (χ3v) is 7.16. The molecule has 5 rings (SSSR count). The van der Waals surface area contributed by atoms with E-state index in [1.807, 2.05) is 49.4 Å². The molecule has 7 nitrogen and oxygen atoms in total. The van der Waals surface area contributed by atoms with Gasteiger partial charge in [-0.25, -0.2) is 0 Å². The van der Waals surface area contributed by atoms with Gasteiger partial charge in [-0.1, -0.05) is 49.7 Å². The Bertz CT molecular complexity index is 1410. The standard InChI is InChI=1S/C32H33NO6/c1-4-5-15-38-26-14-11-22(18-27(26)37-3)29-28(30(34)23-12-13-25-24(17-23)16-20(2)39-25)31(35)32(36)33(29)19-21-9-7-6-8-10-21/h6-14,17-18,20,29,34H,4-5,15-16,19H2,1-3H3/t20-,29-/m1/s1. The summed E-state index contributed by atoms with van der Waals surface area (Å²) >= 11 is 0. The third-order valence-electron chi connectivity index (χ3n) is 7.16. The number of hydrogen-bond donors (Lipinski definition) is 1. The Morgan fingerprint density at radius 1 is 1.05 bits per heavy atom. The van der Waals surface area contributed by atoms with Gasteiger partial charge in [0.05, 0.1) is 25.3 Å². The molecule has 3 aromatic rings. The number of aliphatic hydroxyl groups excluding tert-OH is 1. The molecule has 0 radical (unpaired) electrons. The van der Waals surface area contributed by atoms with E-state index in [-0.39, 0.29) is 24.0 Å². The lowest BCUT2D eigenvalue weighted by atomic mass is 9.94. The number of nitrogens with zero attached hydrogens (tertiary/aromatic N) is 1. The van der Waals surface area contributed by atoms with Crippen molar-refractivity contribution in [3.05, 3.63) is 94.6 Å². The fraction of sp³-hybridized carbons (Fsp3) is 0.312. The van der Waals surface area contributed by atoms with E-state index < -0.39 is 17.7 Å². The van der Waals surface area contributed by atoms with Gasteiger partial charge in [-0.15, -0.1) is 0 Å². The monoisotopic (exact) mass is 527 g/mol. The fourth-order valence-electron chi connectivity index (χ4n) is 5.19. The molecule has 2 atom stereocenters. The highest BCUT2D eigenvalue weighted by atomic mass is 16.5. The Morgan fingerprint density at radius 3 is 2.59 bits per heavy atom. The second kappa shape index (κ2) is 11.2. The first kappa shape index (κ1) is 26.4. The van der Waals surface area contributed by atoms with Gasteiger partial charge in [0.15, 0.2) is 11.5 Å². The Balaban J connectivity index is 1.60. The van der Waals surface area contributed by atoms with Crippen LogP contribution in [-0.2, 0) is 22.6 Å². The summed E-state index contributed by atoms with van der Waals surface area (Å²) in [6.45, 7) is 4.84. The number of methoxy groups -OCH3 is 1. The number of carbonyl (C=O) groups excluding carboxylic acids is 2. The van der Waals surface area contributed by atoms with Crippen molar-refractivity contribution in [3.63, 3.8) is 0 Å². The van der Waals surface area contributed by atoms with E-state index in [2.05, 4.69) is 6.92 Å². The van der Waals surface area contributed by atoms with Gasteiger partial charge in [-0.05, 0) is 60.4 Å². The highest BCUT2D eigenvalue weighted by Crippen LogP contribution is 2.43. The number of hydrogen-bond acceptors (Lipinski definition) is 6. The van der Waals surface area contributed by atoms with Crippen LogP contribution in [0.2, 0.25) is 0 Å². The highest BCUT2D eigenvalue weighted by Gasteiger charge is 2.46. The van der Waals surface area contributed by atoms with E-state index >= 15 is 0 Å². The van der Waals surface area contributed by atoms with Crippen LogP contribution in [0.25, 0.3) is 5.76 Å². The number of likely N-dealkylation sites (tertiary alicyclic amines) is 1. The van der Waals surface area contributed by atoms with Gasteiger partial charge in [0, 0.05) is 18.5 Å². The van der Waals surface area contributed by atoms with Gasteiger partial charge in [-0.2, -0.15) is 0 Å². The zero-order valence-electron chi connectivity index (χ0n) is 22.5. The number of benzene rings is 3. The van der Waals surface area contributed by atoms with Crippen LogP contribution < -0.4 is 14.2 Å². The molecule has 202 valence electrons. The van der Waals surface area contributed by atoms with Gasteiger partial charge in [-0.3, -0.25) is 9.59 Å². The average Bonchev–Trinajstić information content (AvgIpc) is 3.44. The predicted octanol–water partition coefficient (Wildman–Crippen LogP) is 5.82. The Hall–Kier alpha value is -4.26. The summed E-state index contributed by atoms with van der Waals surface area (Å²) in [6.07, 6.45) is 2.66. The van der Waals surface area contributed by atoms with Crippen molar-refractivity contribution >= 4 is 17.4 Å². The number of aliphatic hydroxyl groups is 1.